The van der Waals surface area contributed by atoms with Crippen LogP contribution in [-0.4, -0.2) is 12.3 Å². The summed E-state index contributed by atoms with van der Waals surface area (Å²) in [5.74, 6) is -11.2. The molecule has 1 heterocycles. The van der Waals surface area contributed by atoms with Crippen molar-refractivity contribution < 1.29 is 30.7 Å². The molecule has 0 nitrogen and oxygen atoms in total. The third kappa shape index (κ3) is 2.00. The number of halogens is 7. The molecule has 0 aromatic heterocycles. The van der Waals surface area contributed by atoms with E-state index in [0.717, 1.165) is 6.92 Å². The predicted octanol–water partition coefficient (Wildman–Crippen LogP) is 2.93. The van der Waals surface area contributed by atoms with Crippen molar-refractivity contribution in [2.24, 2.45) is 0 Å². The molecule has 0 N–H and O–H groups in total. The van der Waals surface area contributed by atoms with Crippen LogP contribution in [0.4, 0.5) is 30.7 Å². The lowest BCUT2D eigenvalue weighted by molar-refractivity contribution is 0.415. The van der Waals surface area contributed by atoms with Crippen molar-refractivity contribution in [1.29, 1.82) is 0 Å². The minimum Gasteiger partial charge on any atom is -0.210 e. The fourth-order valence-corrected chi connectivity index (χ4v) is 4.59. The van der Waals surface area contributed by atoms with Gasteiger partial charge in [0.25, 0.3) is 0 Å². The summed E-state index contributed by atoms with van der Waals surface area (Å²) in [6, 6.07) is 0. The lowest BCUT2D eigenvalue weighted by Crippen LogP contribution is -2.81. The Hall–Kier alpha value is -1.92. The van der Waals surface area contributed by atoms with E-state index in [9.17, 15) is 30.7 Å². The number of rotatable bonds is 0. The van der Waals surface area contributed by atoms with E-state index in [0.29, 0.717) is 0 Å². The zero-order chi connectivity index (χ0) is 19.9. The van der Waals surface area contributed by atoms with Crippen molar-refractivity contribution in [1.82, 2.24) is 0 Å². The molecule has 0 saturated carbocycles. The minimum absolute atomic E-state index is 0.316. The second kappa shape index (κ2) is 5.30. The first-order valence-corrected chi connectivity index (χ1v) is 8.29. The van der Waals surface area contributed by atoms with E-state index in [-0.39, 0.29) is 5.46 Å². The Kier molecular flexibility index (Phi) is 3.84. The third-order valence-electron chi connectivity index (χ3n) is 5.84. The molecule has 2 aromatic carbocycles. The molecule has 0 amide bonds. The fourth-order valence-electron chi connectivity index (χ4n) is 4.59. The lowest BCUT2D eigenvalue weighted by atomic mass is 9.06. The first-order chi connectivity index (χ1) is 11.8. The molecule has 140 valence electrons. The number of benzene rings is 2. The Labute approximate surface area is 146 Å². The van der Waals surface area contributed by atoms with E-state index >= 15 is 0 Å². The number of fused-ring (bicyclic) bond motifs is 2. The molecular weight excluding hydrogens is 359 g/mol. The van der Waals surface area contributed by atoms with Crippen LogP contribution in [0, 0.1) is 47.6 Å². The van der Waals surface area contributed by atoms with Gasteiger partial charge in [0, 0.05) is 17.9 Å². The Morgan fingerprint density at radius 3 is 1.04 bits per heavy atom. The van der Waals surface area contributed by atoms with Gasteiger partial charge in [-0.3, -0.25) is 0 Å². The molecule has 0 spiro atoms. The summed E-state index contributed by atoms with van der Waals surface area (Å²) in [5.41, 5.74) is -2.46. The van der Waals surface area contributed by atoms with Gasteiger partial charge in [-0.05, 0) is 6.92 Å². The van der Waals surface area contributed by atoms with Crippen molar-refractivity contribution in [2.75, 3.05) is 0 Å². The highest BCUT2D eigenvalue weighted by atomic mass is 19.2. The van der Waals surface area contributed by atoms with Crippen molar-refractivity contribution in [3.8, 4) is 0 Å². The lowest BCUT2D eigenvalue weighted by Gasteiger charge is -2.54. The summed E-state index contributed by atoms with van der Waals surface area (Å²) in [6.07, 6.45) is -5.22. The van der Waals surface area contributed by atoms with Crippen LogP contribution in [0.2, 0.25) is 27.3 Å². The topological polar surface area (TPSA) is 0 Å². The molecule has 0 unspecified atom stereocenters. The maximum atomic E-state index is 14.9. The summed E-state index contributed by atoms with van der Waals surface area (Å²) in [7, 11) is 0. The van der Waals surface area contributed by atoms with E-state index in [1.165, 1.54) is 27.3 Å². The molecule has 2 aromatic rings. The standard InChI is InChI=1S/C17H15B2F7/c1-6-11(20)7-8(13(22)12(6)21)19(4,5)10-9(18(7,2)3)14(23)16(25)17(26)15(10)24/h1-5H3/q-2. The van der Waals surface area contributed by atoms with Gasteiger partial charge in [-0.15, -0.1) is 0 Å². The van der Waals surface area contributed by atoms with E-state index in [1.54, 1.807) is 0 Å². The summed E-state index contributed by atoms with van der Waals surface area (Å²) in [5, 5.41) is 0. The van der Waals surface area contributed by atoms with E-state index in [1.807, 2.05) is 0 Å². The molecule has 0 aliphatic carbocycles. The van der Waals surface area contributed by atoms with Crippen molar-refractivity contribution in [2.45, 2.75) is 34.2 Å². The Morgan fingerprint density at radius 2 is 0.692 bits per heavy atom. The minimum atomic E-state index is -2.65. The molecular formula is C17H15B2F7-2. The van der Waals surface area contributed by atoms with Crippen LogP contribution in [0.3, 0.4) is 0 Å². The molecule has 0 radical (unpaired) electrons. The quantitative estimate of drug-likeness (QED) is 0.288. The zero-order valence-corrected chi connectivity index (χ0v) is 14.8. The van der Waals surface area contributed by atoms with Gasteiger partial charge < -0.3 is 0 Å². The van der Waals surface area contributed by atoms with Gasteiger partial charge in [0.15, 0.2) is 17.5 Å². The monoisotopic (exact) mass is 374 g/mol. The van der Waals surface area contributed by atoms with Gasteiger partial charge in [-0.25, -0.2) is 36.2 Å². The maximum absolute atomic E-state index is 14.9. The average Bonchev–Trinajstić information content (AvgIpc) is 2.55. The zero-order valence-electron chi connectivity index (χ0n) is 14.8. The van der Waals surface area contributed by atoms with Gasteiger partial charge in [0.05, 0.1) is 5.82 Å². The Bertz CT molecular complexity index is 827. The van der Waals surface area contributed by atoms with Crippen molar-refractivity contribution in [3.63, 3.8) is 0 Å². The van der Waals surface area contributed by atoms with E-state index < -0.39 is 75.0 Å². The van der Waals surface area contributed by atoms with Crippen LogP contribution < -0.4 is 21.9 Å². The molecule has 9 heteroatoms. The molecule has 1 aliphatic rings. The SMILES string of the molecule is Cc1c(F)c(F)c2c(c1F)[B-](C)(C)c1c(F)c(F)c(F)c(F)c1[B-]2(C)C. The van der Waals surface area contributed by atoms with Crippen molar-refractivity contribution >= 4 is 34.1 Å². The molecule has 0 bridgehead atoms. The van der Waals surface area contributed by atoms with Crippen LogP contribution in [0.15, 0.2) is 0 Å². The van der Waals surface area contributed by atoms with Crippen LogP contribution in [0.5, 0.6) is 0 Å². The Balaban J connectivity index is 2.64. The van der Waals surface area contributed by atoms with Gasteiger partial charge in [-0.2, -0.15) is 43.7 Å². The first-order valence-electron chi connectivity index (χ1n) is 8.29. The highest BCUT2D eigenvalue weighted by molar-refractivity contribution is 7.16. The average molecular weight is 374 g/mol. The maximum Gasteiger partial charge on any atom is 0.193 e. The second-order valence-electron chi connectivity index (χ2n) is 8.23. The molecule has 0 fully saturated rings. The van der Waals surface area contributed by atoms with E-state index in [4.69, 9.17) is 0 Å². The Morgan fingerprint density at radius 1 is 0.423 bits per heavy atom. The summed E-state index contributed by atoms with van der Waals surface area (Å²) in [4.78, 5) is 0. The third-order valence-corrected chi connectivity index (χ3v) is 5.84. The molecule has 3 rings (SSSR count). The number of hydrogen-bond donors (Lipinski definition) is 0. The van der Waals surface area contributed by atoms with Crippen LogP contribution in [-0.2, 0) is 0 Å². The second-order valence-corrected chi connectivity index (χ2v) is 8.23. The highest BCUT2D eigenvalue weighted by Gasteiger charge is 2.42. The smallest absolute Gasteiger partial charge is 0.193 e. The fraction of sp³-hybridized carbons (Fsp3) is 0.294. The van der Waals surface area contributed by atoms with Crippen LogP contribution in [0.25, 0.3) is 0 Å². The normalized spacial score (nSPS) is 17.1. The number of hydrogen-bond acceptors (Lipinski definition) is 0. The van der Waals surface area contributed by atoms with Crippen molar-refractivity contribution in [3.05, 3.63) is 46.3 Å². The largest absolute Gasteiger partial charge is 0.210 e. The van der Waals surface area contributed by atoms with Gasteiger partial charge in [-0.1, -0.05) is 0 Å². The van der Waals surface area contributed by atoms with Crippen LogP contribution >= 0.6 is 0 Å². The summed E-state index contributed by atoms with van der Waals surface area (Å²) < 4.78 is 101. The highest BCUT2D eigenvalue weighted by Crippen LogP contribution is 2.26. The van der Waals surface area contributed by atoms with Crippen LogP contribution in [0.1, 0.15) is 5.56 Å². The predicted molar refractivity (Wildman–Crippen MR) is 90.8 cm³/mol. The van der Waals surface area contributed by atoms with Gasteiger partial charge in [0.1, 0.15) is 17.5 Å². The molecule has 1 aliphatic heterocycles. The van der Waals surface area contributed by atoms with E-state index in [2.05, 4.69) is 0 Å². The molecule has 0 atom stereocenters. The molecule has 26 heavy (non-hydrogen) atoms. The molecule has 0 saturated heterocycles. The summed E-state index contributed by atoms with van der Waals surface area (Å²) >= 11 is 0. The van der Waals surface area contributed by atoms with Gasteiger partial charge in [0.2, 0.25) is 0 Å². The summed E-state index contributed by atoms with van der Waals surface area (Å²) in [6.45, 7) is 6.11. The first kappa shape index (κ1) is 18.9. The van der Waals surface area contributed by atoms with Gasteiger partial charge >= 0.3 is 0 Å².